The van der Waals surface area contributed by atoms with E-state index in [-0.39, 0.29) is 17.1 Å². The van der Waals surface area contributed by atoms with Gasteiger partial charge in [0.25, 0.3) is 0 Å². The summed E-state index contributed by atoms with van der Waals surface area (Å²) in [4.78, 5) is 24.9. The smallest absolute Gasteiger partial charge is 0.248 e. The van der Waals surface area contributed by atoms with Crippen LogP contribution < -0.4 is 10.6 Å². The summed E-state index contributed by atoms with van der Waals surface area (Å²) in [6, 6.07) is 18.5. The lowest BCUT2D eigenvalue weighted by Crippen LogP contribution is -2.24. The maximum absolute atomic E-state index is 12.5. The lowest BCUT2D eigenvalue weighted by Gasteiger charge is -2.15. The van der Waals surface area contributed by atoms with E-state index in [1.165, 1.54) is 5.56 Å². The van der Waals surface area contributed by atoms with Gasteiger partial charge < -0.3 is 10.6 Å². The first-order valence-electron chi connectivity index (χ1n) is 9.39. The second-order valence-corrected chi connectivity index (χ2v) is 7.99. The van der Waals surface area contributed by atoms with Crippen LogP contribution in [0.15, 0.2) is 73.1 Å². The van der Waals surface area contributed by atoms with Gasteiger partial charge in [0.15, 0.2) is 0 Å². The van der Waals surface area contributed by atoms with Crippen LogP contribution in [0.1, 0.15) is 25.5 Å². The Morgan fingerprint density at radius 1 is 0.966 bits per heavy atom. The van der Waals surface area contributed by atoms with E-state index >= 15 is 0 Å². The average Bonchev–Trinajstić information content (AvgIpc) is 3.27. The molecule has 2 aromatic carbocycles. The summed E-state index contributed by atoms with van der Waals surface area (Å²) in [7, 11) is 0. The van der Waals surface area contributed by atoms with Crippen LogP contribution in [0.2, 0.25) is 0 Å². The number of carbonyl (C=O) groups excluding carboxylic acids is 2. The molecule has 0 bridgehead atoms. The van der Waals surface area contributed by atoms with Gasteiger partial charge in [-0.25, -0.2) is 0 Å². The van der Waals surface area contributed by atoms with Crippen LogP contribution in [0.4, 0.5) is 11.4 Å². The Labute approximate surface area is 174 Å². The van der Waals surface area contributed by atoms with Gasteiger partial charge in [-0.1, -0.05) is 36.4 Å². The predicted octanol–water partition coefficient (Wildman–Crippen LogP) is 4.34. The molecule has 150 valence electrons. The average molecular weight is 409 g/mol. The summed E-state index contributed by atoms with van der Waals surface area (Å²) in [5, 5.41) is 9.67. The molecule has 0 aliphatic carbocycles. The maximum atomic E-state index is 12.5. The molecule has 0 saturated heterocycles. The number of hydrogen-bond acceptors (Lipinski definition) is 4. The number of amides is 2. The number of thioether (sulfide) groups is 1. The van der Waals surface area contributed by atoms with Crippen molar-refractivity contribution in [2.24, 2.45) is 0 Å². The molecule has 1 aromatic heterocycles. The SMILES string of the molecule is C[C@@H](SCc1ccccc1)C(=O)Nc1cccc(NC(=O)[C@H](C)n2cccn2)c1. The van der Waals surface area contributed by atoms with Gasteiger partial charge in [-0.05, 0) is 43.7 Å². The van der Waals surface area contributed by atoms with Gasteiger partial charge in [-0.15, -0.1) is 11.8 Å². The summed E-state index contributed by atoms with van der Waals surface area (Å²) < 4.78 is 1.59. The van der Waals surface area contributed by atoms with Gasteiger partial charge >= 0.3 is 0 Å². The number of benzene rings is 2. The van der Waals surface area contributed by atoms with Crippen molar-refractivity contribution in [3.8, 4) is 0 Å². The van der Waals surface area contributed by atoms with Crippen molar-refractivity contribution in [3.05, 3.63) is 78.6 Å². The van der Waals surface area contributed by atoms with E-state index in [0.29, 0.717) is 11.4 Å². The minimum atomic E-state index is -0.433. The molecule has 3 rings (SSSR count). The van der Waals surface area contributed by atoms with Gasteiger partial charge in [-0.3, -0.25) is 14.3 Å². The Morgan fingerprint density at radius 2 is 1.66 bits per heavy atom. The van der Waals surface area contributed by atoms with Crippen LogP contribution in [-0.4, -0.2) is 26.8 Å². The lowest BCUT2D eigenvalue weighted by molar-refractivity contribution is -0.119. The quantitative estimate of drug-likeness (QED) is 0.581. The molecule has 0 aliphatic rings. The van der Waals surface area contributed by atoms with Crippen LogP contribution in [0.25, 0.3) is 0 Å². The highest BCUT2D eigenvalue weighted by Gasteiger charge is 2.16. The molecule has 29 heavy (non-hydrogen) atoms. The van der Waals surface area contributed by atoms with E-state index < -0.39 is 6.04 Å². The zero-order valence-electron chi connectivity index (χ0n) is 16.4. The second-order valence-electron chi connectivity index (χ2n) is 6.66. The first-order chi connectivity index (χ1) is 14.0. The molecule has 1 heterocycles. The van der Waals surface area contributed by atoms with Gasteiger partial charge in [0, 0.05) is 29.5 Å². The van der Waals surface area contributed by atoms with Crippen molar-refractivity contribution in [1.82, 2.24) is 9.78 Å². The first kappa shape index (κ1) is 20.7. The molecule has 2 atom stereocenters. The Hall–Kier alpha value is -3.06. The van der Waals surface area contributed by atoms with Crippen molar-refractivity contribution >= 4 is 35.0 Å². The maximum Gasteiger partial charge on any atom is 0.248 e. The van der Waals surface area contributed by atoms with E-state index in [1.807, 2.05) is 37.3 Å². The molecule has 0 unspecified atom stereocenters. The largest absolute Gasteiger partial charge is 0.325 e. The highest BCUT2D eigenvalue weighted by atomic mass is 32.2. The zero-order valence-corrected chi connectivity index (χ0v) is 17.2. The fourth-order valence-electron chi connectivity index (χ4n) is 2.67. The van der Waals surface area contributed by atoms with Gasteiger partial charge in [-0.2, -0.15) is 5.10 Å². The molecule has 0 saturated carbocycles. The van der Waals surface area contributed by atoms with Crippen molar-refractivity contribution in [2.45, 2.75) is 30.9 Å². The Balaban J connectivity index is 1.54. The number of carbonyl (C=O) groups is 2. The highest BCUT2D eigenvalue weighted by Crippen LogP contribution is 2.21. The summed E-state index contributed by atoms with van der Waals surface area (Å²) in [6.45, 7) is 3.67. The van der Waals surface area contributed by atoms with Crippen molar-refractivity contribution in [1.29, 1.82) is 0 Å². The molecule has 7 heteroatoms. The molecule has 0 fully saturated rings. The van der Waals surface area contributed by atoms with Gasteiger partial charge in [0.2, 0.25) is 11.8 Å². The van der Waals surface area contributed by atoms with Crippen molar-refractivity contribution in [2.75, 3.05) is 10.6 Å². The highest BCUT2D eigenvalue weighted by molar-refractivity contribution is 7.99. The molecular weight excluding hydrogens is 384 g/mol. The van der Waals surface area contributed by atoms with Gasteiger partial charge in [0.1, 0.15) is 6.04 Å². The van der Waals surface area contributed by atoms with Crippen LogP contribution in [0.3, 0.4) is 0 Å². The number of aromatic nitrogens is 2. The molecular formula is C22H24N4O2S. The molecule has 0 spiro atoms. The van der Waals surface area contributed by atoms with E-state index in [9.17, 15) is 9.59 Å². The summed E-state index contributed by atoms with van der Waals surface area (Å²) in [5.41, 5.74) is 2.45. The van der Waals surface area contributed by atoms with E-state index in [0.717, 1.165) is 5.75 Å². The molecule has 2 amide bonds. The lowest BCUT2D eigenvalue weighted by atomic mass is 10.2. The second kappa shape index (κ2) is 9.93. The summed E-state index contributed by atoms with van der Waals surface area (Å²) in [5.74, 6) is 0.528. The minimum absolute atomic E-state index is 0.0701. The normalized spacial score (nSPS) is 12.8. The molecule has 6 nitrogen and oxygen atoms in total. The van der Waals surface area contributed by atoms with E-state index in [4.69, 9.17) is 0 Å². The predicted molar refractivity (Wildman–Crippen MR) is 118 cm³/mol. The molecule has 3 aromatic rings. The monoisotopic (exact) mass is 408 g/mol. The molecule has 2 N–H and O–H groups in total. The van der Waals surface area contributed by atoms with Crippen LogP contribution in [0.5, 0.6) is 0 Å². The Kier molecular flexibility index (Phi) is 7.08. The van der Waals surface area contributed by atoms with Crippen LogP contribution >= 0.6 is 11.8 Å². The van der Waals surface area contributed by atoms with E-state index in [1.54, 1.807) is 66.1 Å². The number of anilines is 2. The van der Waals surface area contributed by atoms with Crippen molar-refractivity contribution < 1.29 is 9.59 Å². The van der Waals surface area contributed by atoms with Crippen LogP contribution in [-0.2, 0) is 15.3 Å². The van der Waals surface area contributed by atoms with Crippen molar-refractivity contribution in [3.63, 3.8) is 0 Å². The van der Waals surface area contributed by atoms with Crippen LogP contribution in [0, 0.1) is 0 Å². The Morgan fingerprint density at radius 3 is 2.31 bits per heavy atom. The number of rotatable bonds is 8. The zero-order chi connectivity index (χ0) is 20.6. The third kappa shape index (κ3) is 5.96. The number of nitrogens with zero attached hydrogens (tertiary/aromatic N) is 2. The first-order valence-corrected chi connectivity index (χ1v) is 10.4. The third-order valence-electron chi connectivity index (χ3n) is 4.41. The molecule has 0 radical (unpaired) electrons. The minimum Gasteiger partial charge on any atom is -0.325 e. The standard InChI is InChI=1S/C22H24N4O2S/c1-16(26-13-7-12-23-26)21(27)24-19-10-6-11-20(14-19)25-22(28)17(2)29-15-18-8-4-3-5-9-18/h3-14,16-17H,15H2,1-2H3,(H,24,27)(H,25,28)/t16-,17+/m0/s1. The number of nitrogens with one attached hydrogen (secondary N) is 2. The van der Waals surface area contributed by atoms with E-state index in [2.05, 4.69) is 15.7 Å². The summed E-state index contributed by atoms with van der Waals surface area (Å²) in [6.07, 6.45) is 3.38. The third-order valence-corrected chi connectivity index (χ3v) is 5.62. The summed E-state index contributed by atoms with van der Waals surface area (Å²) >= 11 is 1.58. The fourth-order valence-corrected chi connectivity index (χ4v) is 3.51. The fraction of sp³-hybridized carbons (Fsp3) is 0.227. The molecule has 0 aliphatic heterocycles. The Bertz CT molecular complexity index is 944. The number of hydrogen-bond donors (Lipinski definition) is 2. The van der Waals surface area contributed by atoms with Gasteiger partial charge in [0.05, 0.1) is 5.25 Å². The topological polar surface area (TPSA) is 76.0 Å².